The largest absolute Gasteiger partial charge is 0.483 e. The summed E-state index contributed by atoms with van der Waals surface area (Å²) in [6, 6.07) is 9.52. The minimum absolute atomic E-state index is 0.000231. The molecule has 2 unspecified atom stereocenters. The molecule has 0 aliphatic heterocycles. The first-order chi connectivity index (χ1) is 15.2. The van der Waals surface area contributed by atoms with Crippen molar-refractivity contribution in [3.63, 3.8) is 0 Å². The second-order valence-corrected chi connectivity index (χ2v) is 9.48. The van der Waals surface area contributed by atoms with Gasteiger partial charge in [-0.05, 0) is 71.6 Å². The number of nitrogens with one attached hydrogen (secondary N) is 1. The van der Waals surface area contributed by atoms with Gasteiger partial charge in [0, 0.05) is 17.6 Å². The lowest BCUT2D eigenvalue weighted by Crippen LogP contribution is -2.51. The lowest BCUT2D eigenvalue weighted by Gasteiger charge is -2.31. The number of rotatable bonds is 10. The maximum atomic E-state index is 13.2. The smallest absolute Gasteiger partial charge is 0.261 e. The lowest BCUT2D eigenvalue weighted by molar-refractivity contribution is -0.143. The average Bonchev–Trinajstić information content (AvgIpc) is 2.75. The van der Waals surface area contributed by atoms with E-state index in [2.05, 4.69) is 21.2 Å². The highest BCUT2D eigenvalue weighted by molar-refractivity contribution is 9.10. The van der Waals surface area contributed by atoms with Crippen LogP contribution in [0.3, 0.4) is 0 Å². The Morgan fingerprint density at radius 3 is 2.38 bits per heavy atom. The molecule has 5 nitrogen and oxygen atoms in total. The van der Waals surface area contributed by atoms with Crippen molar-refractivity contribution in [2.45, 2.75) is 52.2 Å². The fraction of sp³-hybridized carbons (Fsp3) is 0.391. The minimum Gasteiger partial charge on any atom is -0.483 e. The summed E-state index contributed by atoms with van der Waals surface area (Å²) in [6.45, 7) is 5.73. The van der Waals surface area contributed by atoms with Crippen LogP contribution in [-0.4, -0.2) is 35.4 Å². The first-order valence-electron chi connectivity index (χ1n) is 10.3. The molecular formula is C23H26BrCl3N2O3. The quantitative estimate of drug-likeness (QED) is 0.358. The summed E-state index contributed by atoms with van der Waals surface area (Å²) in [5, 5.41) is 4.32. The summed E-state index contributed by atoms with van der Waals surface area (Å²) in [5.41, 5.74) is 0.759. The van der Waals surface area contributed by atoms with Crippen LogP contribution in [-0.2, 0) is 16.1 Å². The van der Waals surface area contributed by atoms with Crippen molar-refractivity contribution in [3.8, 4) is 5.75 Å². The number of carbonyl (C=O) groups excluding carboxylic acids is 2. The normalized spacial score (nSPS) is 12.7. The van der Waals surface area contributed by atoms with Crippen LogP contribution in [0.2, 0.25) is 15.1 Å². The van der Waals surface area contributed by atoms with Gasteiger partial charge in [-0.25, -0.2) is 0 Å². The highest BCUT2D eigenvalue weighted by Crippen LogP contribution is 2.28. The number of hydrogen-bond acceptors (Lipinski definition) is 3. The topological polar surface area (TPSA) is 58.6 Å². The maximum Gasteiger partial charge on any atom is 0.261 e. The van der Waals surface area contributed by atoms with E-state index in [1.807, 2.05) is 20.8 Å². The third-order valence-corrected chi connectivity index (χ3v) is 6.56. The minimum atomic E-state index is -0.664. The van der Waals surface area contributed by atoms with Crippen LogP contribution in [0.5, 0.6) is 5.75 Å². The number of nitrogens with zero attached hydrogens (tertiary/aromatic N) is 1. The highest BCUT2D eigenvalue weighted by atomic mass is 79.9. The third kappa shape index (κ3) is 7.55. The molecule has 2 atom stereocenters. The highest BCUT2D eigenvalue weighted by Gasteiger charge is 2.29. The molecule has 0 heterocycles. The van der Waals surface area contributed by atoms with Gasteiger partial charge < -0.3 is 15.0 Å². The summed E-state index contributed by atoms with van der Waals surface area (Å²) in [5.74, 6) is -0.0543. The number of amides is 2. The Labute approximate surface area is 212 Å². The number of benzene rings is 2. The van der Waals surface area contributed by atoms with Gasteiger partial charge in [-0.3, -0.25) is 9.59 Å². The predicted molar refractivity (Wildman–Crippen MR) is 134 cm³/mol. The van der Waals surface area contributed by atoms with Crippen LogP contribution < -0.4 is 10.1 Å². The zero-order valence-electron chi connectivity index (χ0n) is 18.1. The predicted octanol–water partition coefficient (Wildman–Crippen LogP) is 6.51. The van der Waals surface area contributed by atoms with Crippen LogP contribution in [0.4, 0.5) is 0 Å². The Morgan fingerprint density at radius 2 is 1.78 bits per heavy atom. The number of halogens is 4. The summed E-state index contributed by atoms with van der Waals surface area (Å²) >= 11 is 21.5. The Morgan fingerprint density at radius 1 is 1.06 bits per heavy atom. The zero-order valence-corrected chi connectivity index (χ0v) is 22.0. The van der Waals surface area contributed by atoms with E-state index >= 15 is 0 Å². The molecule has 174 valence electrons. The van der Waals surface area contributed by atoms with Gasteiger partial charge in [0.05, 0.1) is 14.5 Å². The van der Waals surface area contributed by atoms with Gasteiger partial charge in [0.15, 0.2) is 6.61 Å². The molecule has 0 aliphatic carbocycles. The van der Waals surface area contributed by atoms with Gasteiger partial charge in [0.25, 0.3) is 5.91 Å². The molecule has 0 aliphatic rings. The third-order valence-electron chi connectivity index (χ3n) is 4.97. The Hall–Kier alpha value is -1.47. The van der Waals surface area contributed by atoms with Crippen molar-refractivity contribution in [3.05, 3.63) is 61.5 Å². The first-order valence-corrected chi connectivity index (χ1v) is 12.2. The SMILES string of the molecule is CCC(C)NC(=O)C(CC)N(Cc1ccc(Cl)c(Cl)c1)C(=O)COc1ccc(Cl)cc1Br. The Balaban J connectivity index is 2.26. The first kappa shape index (κ1) is 26.8. The molecule has 32 heavy (non-hydrogen) atoms. The molecule has 1 N–H and O–H groups in total. The number of carbonyl (C=O) groups is 2. The van der Waals surface area contributed by atoms with Crippen LogP contribution >= 0.6 is 50.7 Å². The molecule has 2 aromatic rings. The van der Waals surface area contributed by atoms with E-state index in [4.69, 9.17) is 39.5 Å². The van der Waals surface area contributed by atoms with Crippen molar-refractivity contribution < 1.29 is 14.3 Å². The fourth-order valence-corrected chi connectivity index (χ4v) is 4.13. The van der Waals surface area contributed by atoms with E-state index in [9.17, 15) is 9.59 Å². The van der Waals surface area contributed by atoms with Crippen molar-refractivity contribution in [1.82, 2.24) is 10.2 Å². The summed E-state index contributed by atoms with van der Waals surface area (Å²) in [6.07, 6.45) is 1.23. The standard InChI is InChI=1S/C23H26BrCl3N2O3/c1-4-14(3)28-23(31)20(5-2)29(12-15-6-8-18(26)19(27)10-15)22(30)13-32-21-9-7-16(25)11-17(21)24/h6-11,14,20H,4-5,12-13H2,1-3H3,(H,28,31). The van der Waals surface area contributed by atoms with Gasteiger partial charge in [-0.1, -0.05) is 54.7 Å². The van der Waals surface area contributed by atoms with Crippen molar-refractivity contribution >= 4 is 62.5 Å². The number of hydrogen-bond donors (Lipinski definition) is 1. The van der Waals surface area contributed by atoms with Gasteiger partial charge in [0.2, 0.25) is 5.91 Å². The van der Waals surface area contributed by atoms with Crippen LogP contribution in [0.25, 0.3) is 0 Å². The second-order valence-electron chi connectivity index (χ2n) is 7.38. The van der Waals surface area contributed by atoms with E-state index < -0.39 is 6.04 Å². The molecule has 0 aromatic heterocycles. The second kappa shape index (κ2) is 12.7. The van der Waals surface area contributed by atoms with Crippen molar-refractivity contribution in [2.75, 3.05) is 6.61 Å². The monoisotopic (exact) mass is 562 g/mol. The number of ether oxygens (including phenoxy) is 1. The Kier molecular flexibility index (Phi) is 10.6. The molecule has 0 bridgehead atoms. The van der Waals surface area contributed by atoms with Crippen LogP contribution in [0.15, 0.2) is 40.9 Å². The van der Waals surface area contributed by atoms with Gasteiger partial charge in [-0.2, -0.15) is 0 Å². The summed E-state index contributed by atoms with van der Waals surface area (Å²) in [4.78, 5) is 27.7. The van der Waals surface area contributed by atoms with E-state index in [1.54, 1.807) is 36.4 Å². The van der Waals surface area contributed by atoms with Gasteiger partial charge in [-0.15, -0.1) is 0 Å². The molecule has 2 amide bonds. The van der Waals surface area contributed by atoms with E-state index in [0.717, 1.165) is 12.0 Å². The van der Waals surface area contributed by atoms with E-state index in [1.165, 1.54) is 4.90 Å². The maximum absolute atomic E-state index is 13.2. The molecule has 0 spiro atoms. The summed E-state index contributed by atoms with van der Waals surface area (Å²) < 4.78 is 6.35. The summed E-state index contributed by atoms with van der Waals surface area (Å²) in [7, 11) is 0. The Bertz CT molecular complexity index is 958. The van der Waals surface area contributed by atoms with Crippen LogP contribution in [0, 0.1) is 0 Å². The van der Waals surface area contributed by atoms with E-state index in [-0.39, 0.29) is 31.0 Å². The molecule has 0 saturated heterocycles. The fourth-order valence-electron chi connectivity index (χ4n) is 3.01. The average molecular weight is 565 g/mol. The van der Waals surface area contributed by atoms with Gasteiger partial charge in [0.1, 0.15) is 11.8 Å². The van der Waals surface area contributed by atoms with Crippen LogP contribution in [0.1, 0.15) is 39.2 Å². The molecule has 0 fully saturated rings. The van der Waals surface area contributed by atoms with Crippen molar-refractivity contribution in [2.24, 2.45) is 0 Å². The lowest BCUT2D eigenvalue weighted by atomic mass is 10.1. The molecular weight excluding hydrogens is 539 g/mol. The molecule has 9 heteroatoms. The molecule has 2 aromatic carbocycles. The van der Waals surface area contributed by atoms with Crippen molar-refractivity contribution in [1.29, 1.82) is 0 Å². The zero-order chi connectivity index (χ0) is 23.8. The molecule has 0 saturated carbocycles. The molecule has 2 rings (SSSR count). The molecule has 0 radical (unpaired) electrons. The van der Waals surface area contributed by atoms with Gasteiger partial charge >= 0.3 is 0 Å². The van der Waals surface area contributed by atoms with E-state index in [0.29, 0.717) is 31.7 Å².